The van der Waals surface area contributed by atoms with Gasteiger partial charge in [0, 0.05) is 63.6 Å². The van der Waals surface area contributed by atoms with Gasteiger partial charge < -0.3 is 14.5 Å². The molecule has 0 saturated carbocycles. The van der Waals surface area contributed by atoms with Crippen LogP contribution in [0.15, 0.2) is 24.3 Å². The number of hydrogen-bond donors (Lipinski definition) is 0. The lowest BCUT2D eigenvalue weighted by Crippen LogP contribution is -2.56. The molecule has 2 aliphatic rings. The van der Waals surface area contributed by atoms with Crippen LogP contribution in [-0.4, -0.2) is 92.2 Å². The average Bonchev–Trinajstić information content (AvgIpc) is 2.73. The maximum absolute atomic E-state index is 12.8. The van der Waals surface area contributed by atoms with Crippen molar-refractivity contribution in [2.24, 2.45) is 0 Å². The van der Waals surface area contributed by atoms with E-state index < -0.39 is 0 Å². The monoisotopic (exact) mass is 388 g/mol. The summed E-state index contributed by atoms with van der Waals surface area (Å²) in [7, 11) is 1.69. The van der Waals surface area contributed by atoms with E-state index in [4.69, 9.17) is 4.74 Å². The lowest BCUT2D eigenvalue weighted by molar-refractivity contribution is -0.134. The van der Waals surface area contributed by atoms with Gasteiger partial charge in [-0.05, 0) is 44.5 Å². The first-order valence-electron chi connectivity index (χ1n) is 10.7. The molecule has 2 atom stereocenters. The first-order valence-corrected chi connectivity index (χ1v) is 10.7. The Morgan fingerprint density at radius 1 is 1.11 bits per heavy atom. The van der Waals surface area contributed by atoms with E-state index in [1.807, 2.05) is 12.1 Å². The predicted molar refractivity (Wildman–Crippen MR) is 114 cm³/mol. The number of anilines is 1. The molecule has 0 aliphatic carbocycles. The van der Waals surface area contributed by atoms with E-state index in [9.17, 15) is 4.79 Å². The molecule has 28 heavy (non-hydrogen) atoms. The minimum absolute atomic E-state index is 0.286. The maximum atomic E-state index is 12.8. The van der Waals surface area contributed by atoms with Crippen LogP contribution in [0.3, 0.4) is 0 Å². The highest BCUT2D eigenvalue weighted by molar-refractivity contribution is 5.78. The van der Waals surface area contributed by atoms with Crippen LogP contribution in [0.5, 0.6) is 5.75 Å². The number of nitrogens with zero attached hydrogens (tertiary/aromatic N) is 4. The smallest absolute Gasteiger partial charge is 0.236 e. The molecule has 2 saturated heterocycles. The van der Waals surface area contributed by atoms with Crippen LogP contribution >= 0.6 is 0 Å². The van der Waals surface area contributed by atoms with Crippen molar-refractivity contribution in [3.05, 3.63) is 24.3 Å². The van der Waals surface area contributed by atoms with Crippen molar-refractivity contribution in [3.8, 4) is 5.75 Å². The normalized spacial score (nSPS) is 22.9. The summed E-state index contributed by atoms with van der Waals surface area (Å²) in [5.74, 6) is 1.17. The summed E-state index contributed by atoms with van der Waals surface area (Å²) < 4.78 is 5.26. The fraction of sp³-hybridized carbons (Fsp3) is 0.682. The Kier molecular flexibility index (Phi) is 7.18. The van der Waals surface area contributed by atoms with Crippen molar-refractivity contribution < 1.29 is 9.53 Å². The molecule has 6 nitrogen and oxygen atoms in total. The molecule has 0 N–H and O–H groups in total. The zero-order chi connectivity index (χ0) is 20.1. The number of carbonyl (C=O) groups is 1. The molecule has 0 radical (unpaired) electrons. The summed E-state index contributed by atoms with van der Waals surface area (Å²) in [6.45, 7) is 13.8. The molecule has 2 aliphatic heterocycles. The molecular weight excluding hydrogens is 352 g/mol. The fourth-order valence-electron chi connectivity index (χ4n) is 4.30. The van der Waals surface area contributed by atoms with Crippen LogP contribution in [0.2, 0.25) is 0 Å². The van der Waals surface area contributed by atoms with Crippen LogP contribution in [-0.2, 0) is 4.79 Å². The number of hydrogen-bond acceptors (Lipinski definition) is 5. The van der Waals surface area contributed by atoms with Crippen molar-refractivity contribution in [3.63, 3.8) is 0 Å². The number of amides is 1. The van der Waals surface area contributed by atoms with Gasteiger partial charge in [0.05, 0.1) is 13.7 Å². The van der Waals surface area contributed by atoms with Gasteiger partial charge >= 0.3 is 0 Å². The highest BCUT2D eigenvalue weighted by atomic mass is 16.5. The van der Waals surface area contributed by atoms with Gasteiger partial charge in [-0.1, -0.05) is 6.92 Å². The van der Waals surface area contributed by atoms with E-state index in [1.54, 1.807) is 7.11 Å². The van der Waals surface area contributed by atoms with E-state index in [0.29, 0.717) is 18.6 Å². The standard InChI is InChI=1S/C22H36N4O2/c1-5-18(2)24-11-13-25(14-12-24)22(27)17-23-10-15-26(19(3)16-23)20-6-8-21(28-4)9-7-20/h6-9,18-19H,5,10-17H2,1-4H3. The molecule has 3 rings (SSSR count). The number of benzene rings is 1. The number of carbonyl (C=O) groups excluding carboxylic acids is 1. The molecule has 2 unspecified atom stereocenters. The van der Waals surface area contributed by atoms with Gasteiger partial charge in [-0.25, -0.2) is 0 Å². The molecule has 2 heterocycles. The van der Waals surface area contributed by atoms with Crippen molar-refractivity contribution in [2.45, 2.75) is 39.3 Å². The van der Waals surface area contributed by atoms with Gasteiger partial charge in [0.25, 0.3) is 0 Å². The minimum Gasteiger partial charge on any atom is -0.497 e. The van der Waals surface area contributed by atoms with Crippen LogP contribution in [0.1, 0.15) is 27.2 Å². The van der Waals surface area contributed by atoms with Crippen LogP contribution in [0.25, 0.3) is 0 Å². The zero-order valence-corrected chi connectivity index (χ0v) is 17.9. The second-order valence-electron chi connectivity index (χ2n) is 8.15. The molecule has 1 aromatic carbocycles. The summed E-state index contributed by atoms with van der Waals surface area (Å²) in [5.41, 5.74) is 1.22. The molecule has 0 aromatic heterocycles. The van der Waals surface area contributed by atoms with E-state index in [0.717, 1.165) is 51.6 Å². The topological polar surface area (TPSA) is 39.3 Å². The molecule has 156 valence electrons. The molecule has 1 amide bonds. The number of rotatable bonds is 6. The Morgan fingerprint density at radius 3 is 2.36 bits per heavy atom. The Labute approximate surface area is 170 Å². The molecule has 6 heteroatoms. The Morgan fingerprint density at radius 2 is 1.79 bits per heavy atom. The third kappa shape index (κ3) is 4.97. The van der Waals surface area contributed by atoms with Crippen molar-refractivity contribution in [1.82, 2.24) is 14.7 Å². The maximum Gasteiger partial charge on any atom is 0.236 e. The van der Waals surface area contributed by atoms with Gasteiger partial charge in [0.15, 0.2) is 0 Å². The van der Waals surface area contributed by atoms with E-state index in [-0.39, 0.29) is 5.91 Å². The highest BCUT2D eigenvalue weighted by Crippen LogP contribution is 2.23. The van der Waals surface area contributed by atoms with E-state index >= 15 is 0 Å². The first kappa shape index (κ1) is 20.9. The van der Waals surface area contributed by atoms with Gasteiger partial charge in [-0.3, -0.25) is 14.6 Å². The van der Waals surface area contributed by atoms with E-state index in [1.165, 1.54) is 12.1 Å². The van der Waals surface area contributed by atoms with Crippen LogP contribution in [0.4, 0.5) is 5.69 Å². The lowest BCUT2D eigenvalue weighted by Gasteiger charge is -2.42. The summed E-state index contributed by atoms with van der Waals surface area (Å²) in [5, 5.41) is 0. The van der Waals surface area contributed by atoms with Crippen molar-refractivity contribution in [1.29, 1.82) is 0 Å². The van der Waals surface area contributed by atoms with Crippen LogP contribution in [0, 0.1) is 0 Å². The Hall–Kier alpha value is -1.79. The zero-order valence-electron chi connectivity index (χ0n) is 17.9. The van der Waals surface area contributed by atoms with Crippen LogP contribution < -0.4 is 9.64 Å². The van der Waals surface area contributed by atoms with Gasteiger partial charge in [0.2, 0.25) is 5.91 Å². The summed E-state index contributed by atoms with van der Waals surface area (Å²) in [6.07, 6.45) is 1.17. The third-order valence-corrected chi connectivity index (χ3v) is 6.36. The molecule has 1 aromatic rings. The van der Waals surface area contributed by atoms with E-state index in [2.05, 4.69) is 52.5 Å². The molecule has 2 fully saturated rings. The van der Waals surface area contributed by atoms with Crippen molar-refractivity contribution >= 4 is 11.6 Å². The predicted octanol–water partition coefficient (Wildman–Crippen LogP) is 2.15. The summed E-state index contributed by atoms with van der Waals surface area (Å²) in [6, 6.07) is 9.26. The number of piperazine rings is 2. The van der Waals surface area contributed by atoms with Gasteiger partial charge in [0.1, 0.15) is 5.75 Å². The number of ether oxygens (including phenoxy) is 1. The average molecular weight is 389 g/mol. The second kappa shape index (κ2) is 9.61. The summed E-state index contributed by atoms with van der Waals surface area (Å²) in [4.78, 5) is 22.1. The molecular formula is C22H36N4O2. The quantitative estimate of drug-likeness (QED) is 0.747. The van der Waals surface area contributed by atoms with Crippen molar-refractivity contribution in [2.75, 3.05) is 64.4 Å². The number of methoxy groups -OCH3 is 1. The SMILES string of the molecule is CCC(C)N1CCN(C(=O)CN2CCN(c3ccc(OC)cc3)C(C)C2)CC1. The molecule has 0 spiro atoms. The molecule has 0 bridgehead atoms. The minimum atomic E-state index is 0.286. The summed E-state index contributed by atoms with van der Waals surface area (Å²) >= 11 is 0. The Bertz CT molecular complexity index is 628. The van der Waals surface area contributed by atoms with Gasteiger partial charge in [-0.15, -0.1) is 0 Å². The van der Waals surface area contributed by atoms with Gasteiger partial charge in [-0.2, -0.15) is 0 Å². The third-order valence-electron chi connectivity index (χ3n) is 6.36. The highest BCUT2D eigenvalue weighted by Gasteiger charge is 2.28. The Balaban J connectivity index is 1.47. The largest absolute Gasteiger partial charge is 0.497 e. The first-order chi connectivity index (χ1) is 13.5. The fourth-order valence-corrected chi connectivity index (χ4v) is 4.30. The second-order valence-corrected chi connectivity index (χ2v) is 8.15. The lowest BCUT2D eigenvalue weighted by atomic mass is 10.1.